The van der Waals surface area contributed by atoms with Crippen molar-refractivity contribution in [2.45, 2.75) is 18.6 Å². The van der Waals surface area contributed by atoms with E-state index in [1.165, 1.54) is 12.8 Å². The molecule has 1 aliphatic heterocycles. The number of hydrogen-bond donors (Lipinski definition) is 0. The predicted molar refractivity (Wildman–Crippen MR) is 103 cm³/mol. The van der Waals surface area contributed by atoms with Gasteiger partial charge in [0.25, 0.3) is 5.56 Å². The molecule has 0 N–H and O–H groups in total. The highest BCUT2D eigenvalue weighted by Gasteiger charge is 2.20. The molecule has 0 spiro atoms. The Morgan fingerprint density at radius 3 is 2.57 bits per heavy atom. The van der Waals surface area contributed by atoms with E-state index in [9.17, 15) is 4.79 Å². The van der Waals surface area contributed by atoms with Gasteiger partial charge in [0.2, 0.25) is 0 Å². The molecule has 1 aromatic heterocycles. The topological polar surface area (TPSA) is 30.2 Å². The van der Waals surface area contributed by atoms with Crippen molar-refractivity contribution in [3.8, 4) is 5.69 Å². The third kappa shape index (κ3) is 3.41. The number of aromatic nitrogens is 2. The summed E-state index contributed by atoms with van der Waals surface area (Å²) in [5.74, 6) is 0.682. The number of thiocarbonyl (C=S) groups is 1. The van der Waals surface area contributed by atoms with E-state index in [-0.39, 0.29) is 5.56 Å². The van der Waals surface area contributed by atoms with E-state index in [0.29, 0.717) is 10.2 Å². The van der Waals surface area contributed by atoms with Gasteiger partial charge in [-0.15, -0.1) is 0 Å². The molecular formula is C16H18BrN3OS2. The van der Waals surface area contributed by atoms with E-state index in [1.54, 1.807) is 16.4 Å². The summed E-state index contributed by atoms with van der Waals surface area (Å²) in [4.78, 5) is 14.8. The molecule has 0 radical (unpaired) electrons. The minimum absolute atomic E-state index is 0.0404. The molecule has 1 aromatic carbocycles. The molecule has 3 rings (SSSR count). The fourth-order valence-corrected chi connectivity index (χ4v) is 4.82. The van der Waals surface area contributed by atoms with Gasteiger partial charge in [-0.3, -0.25) is 9.48 Å². The Kier molecular flexibility index (Phi) is 5.28. The molecule has 0 atom stereocenters. The van der Waals surface area contributed by atoms with Crippen LogP contribution in [0.1, 0.15) is 18.5 Å². The first-order valence-electron chi connectivity index (χ1n) is 7.53. The molecule has 0 amide bonds. The van der Waals surface area contributed by atoms with Crippen molar-refractivity contribution in [2.75, 3.05) is 13.1 Å². The van der Waals surface area contributed by atoms with Crippen LogP contribution in [0.2, 0.25) is 0 Å². The van der Waals surface area contributed by atoms with Gasteiger partial charge in [-0.2, -0.15) is 0 Å². The largest absolute Gasteiger partial charge is 0.358 e. The quantitative estimate of drug-likeness (QED) is 0.722. The maximum atomic E-state index is 12.6. The van der Waals surface area contributed by atoms with Crippen molar-refractivity contribution >= 4 is 44.2 Å². The fraction of sp³-hybridized carbons (Fsp3) is 0.375. The molecule has 7 heteroatoms. The molecule has 1 aliphatic rings. The van der Waals surface area contributed by atoms with Gasteiger partial charge in [-0.05, 0) is 40.9 Å². The summed E-state index contributed by atoms with van der Waals surface area (Å²) in [6, 6.07) is 9.66. The summed E-state index contributed by atoms with van der Waals surface area (Å²) in [5, 5.41) is 0. The zero-order valence-corrected chi connectivity index (χ0v) is 16.1. The Bertz CT molecular complexity index is 764. The van der Waals surface area contributed by atoms with Gasteiger partial charge in [-0.1, -0.05) is 42.2 Å². The average molecular weight is 412 g/mol. The van der Waals surface area contributed by atoms with E-state index < -0.39 is 0 Å². The van der Waals surface area contributed by atoms with E-state index in [2.05, 4.69) is 20.8 Å². The highest BCUT2D eigenvalue weighted by Crippen LogP contribution is 2.24. The van der Waals surface area contributed by atoms with Crippen LogP contribution in [0.5, 0.6) is 0 Å². The second-order valence-electron chi connectivity index (χ2n) is 5.49. The van der Waals surface area contributed by atoms with Crippen molar-refractivity contribution in [1.82, 2.24) is 14.3 Å². The maximum absolute atomic E-state index is 12.6. The number of benzene rings is 1. The number of nitrogens with zero attached hydrogens (tertiary/aromatic N) is 3. The zero-order chi connectivity index (χ0) is 16.4. The molecule has 23 heavy (non-hydrogen) atoms. The molecule has 2 aromatic rings. The van der Waals surface area contributed by atoms with Crippen LogP contribution < -0.4 is 5.56 Å². The molecule has 122 valence electrons. The number of rotatable bonds is 3. The smallest absolute Gasteiger partial charge is 0.286 e. The standard InChI is InChI=1S/C16H18BrN3OS2/c1-18-13(11-23-16(22)19-9-5-6-10-19)14(17)15(21)20(18)12-7-3-2-4-8-12/h2-4,7-8H,5-6,9-11H2,1H3. The lowest BCUT2D eigenvalue weighted by molar-refractivity contribution is 0.539. The van der Waals surface area contributed by atoms with Crippen molar-refractivity contribution in [1.29, 1.82) is 0 Å². The summed E-state index contributed by atoms with van der Waals surface area (Å²) in [6.45, 7) is 2.11. The summed E-state index contributed by atoms with van der Waals surface area (Å²) in [7, 11) is 1.91. The molecular weight excluding hydrogens is 394 g/mol. The molecule has 0 bridgehead atoms. The minimum atomic E-state index is -0.0404. The van der Waals surface area contributed by atoms with Crippen LogP contribution in [0.15, 0.2) is 39.6 Å². The van der Waals surface area contributed by atoms with E-state index in [4.69, 9.17) is 12.2 Å². The summed E-state index contributed by atoms with van der Waals surface area (Å²) in [5.41, 5.74) is 1.77. The third-order valence-corrected chi connectivity index (χ3v) is 6.35. The van der Waals surface area contributed by atoms with Crippen LogP contribution >= 0.6 is 39.9 Å². The van der Waals surface area contributed by atoms with E-state index in [1.807, 2.05) is 42.1 Å². The number of hydrogen-bond acceptors (Lipinski definition) is 3. The summed E-state index contributed by atoms with van der Waals surface area (Å²) in [6.07, 6.45) is 2.43. The lowest BCUT2D eigenvalue weighted by Crippen LogP contribution is -2.23. The van der Waals surface area contributed by atoms with Crippen molar-refractivity contribution in [2.24, 2.45) is 7.05 Å². The fourth-order valence-electron chi connectivity index (χ4n) is 2.75. The molecule has 0 aliphatic carbocycles. The Morgan fingerprint density at radius 2 is 1.91 bits per heavy atom. The molecule has 2 heterocycles. The predicted octanol–water partition coefficient (Wildman–Crippen LogP) is 3.55. The average Bonchev–Trinajstić information content (AvgIpc) is 3.16. The Morgan fingerprint density at radius 1 is 1.26 bits per heavy atom. The normalized spacial score (nSPS) is 14.4. The van der Waals surface area contributed by atoms with Crippen molar-refractivity contribution < 1.29 is 0 Å². The molecule has 0 saturated carbocycles. The molecule has 0 unspecified atom stereocenters. The number of likely N-dealkylation sites (tertiary alicyclic amines) is 1. The highest BCUT2D eigenvalue weighted by molar-refractivity contribution is 9.10. The Balaban J connectivity index is 1.83. The van der Waals surface area contributed by atoms with Crippen LogP contribution in [0.25, 0.3) is 5.69 Å². The Hall–Kier alpha value is -1.05. The first-order chi connectivity index (χ1) is 11.1. The van der Waals surface area contributed by atoms with E-state index >= 15 is 0 Å². The number of thioether (sulfide) groups is 1. The third-order valence-electron chi connectivity index (χ3n) is 4.02. The van der Waals surface area contributed by atoms with E-state index in [0.717, 1.165) is 28.8 Å². The van der Waals surface area contributed by atoms with Crippen LogP contribution in [0.4, 0.5) is 0 Å². The van der Waals surface area contributed by atoms with Gasteiger partial charge < -0.3 is 4.90 Å². The van der Waals surface area contributed by atoms with Gasteiger partial charge in [0.05, 0.1) is 11.4 Å². The van der Waals surface area contributed by atoms with Crippen molar-refractivity contribution in [3.05, 3.63) is 50.9 Å². The summed E-state index contributed by atoms with van der Waals surface area (Å²) < 4.78 is 5.12. The Labute approximate surface area is 153 Å². The number of halogens is 1. The zero-order valence-electron chi connectivity index (χ0n) is 12.9. The van der Waals surface area contributed by atoms with Crippen molar-refractivity contribution in [3.63, 3.8) is 0 Å². The first-order valence-corrected chi connectivity index (χ1v) is 9.72. The second-order valence-corrected chi connectivity index (χ2v) is 7.89. The first kappa shape index (κ1) is 16.8. The number of para-hydroxylation sites is 1. The molecule has 1 fully saturated rings. The van der Waals surface area contributed by atoms with Crippen LogP contribution in [0, 0.1) is 0 Å². The SMILES string of the molecule is Cn1c(CSC(=S)N2CCCC2)c(Br)c(=O)n1-c1ccccc1. The lowest BCUT2D eigenvalue weighted by Gasteiger charge is -2.17. The molecule has 4 nitrogen and oxygen atoms in total. The second kappa shape index (κ2) is 7.23. The van der Waals surface area contributed by atoms with Crippen LogP contribution in [-0.4, -0.2) is 31.7 Å². The minimum Gasteiger partial charge on any atom is -0.358 e. The van der Waals surface area contributed by atoms with Gasteiger partial charge in [0.1, 0.15) is 8.79 Å². The molecule has 1 saturated heterocycles. The van der Waals surface area contributed by atoms with Gasteiger partial charge in [0.15, 0.2) is 0 Å². The van der Waals surface area contributed by atoms with Gasteiger partial charge in [0, 0.05) is 25.9 Å². The lowest BCUT2D eigenvalue weighted by atomic mass is 10.3. The maximum Gasteiger partial charge on any atom is 0.286 e. The monoisotopic (exact) mass is 411 g/mol. The van der Waals surface area contributed by atoms with Crippen LogP contribution in [-0.2, 0) is 12.8 Å². The highest BCUT2D eigenvalue weighted by atomic mass is 79.9. The van der Waals surface area contributed by atoms with Crippen LogP contribution in [0.3, 0.4) is 0 Å². The van der Waals surface area contributed by atoms with Gasteiger partial charge in [-0.25, -0.2) is 4.68 Å². The summed E-state index contributed by atoms with van der Waals surface area (Å²) >= 11 is 10.6. The van der Waals surface area contributed by atoms with Gasteiger partial charge >= 0.3 is 0 Å².